The first-order valence-electron chi connectivity index (χ1n) is 9.51. The molecule has 0 aliphatic rings. The summed E-state index contributed by atoms with van der Waals surface area (Å²) in [5.41, 5.74) is 10.6. The summed E-state index contributed by atoms with van der Waals surface area (Å²) in [4.78, 5) is 17.2. The van der Waals surface area contributed by atoms with Crippen molar-refractivity contribution in [3.63, 3.8) is 0 Å². The van der Waals surface area contributed by atoms with Crippen molar-refractivity contribution in [2.45, 2.75) is 27.3 Å². The molecule has 4 aromatic rings. The number of hydrogen-bond acceptors (Lipinski definition) is 6. The van der Waals surface area contributed by atoms with Gasteiger partial charge in [-0.2, -0.15) is 0 Å². The first-order chi connectivity index (χ1) is 14.4. The maximum absolute atomic E-state index is 12.7. The standard InChI is InChI=1S/C22H22N6O2/c1-13-9-10-17(14(2)11-13)24-21(29)19-20(23)28(27-26-19)12-18-15(3)30-22(25-18)16-7-5-4-6-8-16/h4-11H,12,23H2,1-3H3,(H,24,29). The van der Waals surface area contributed by atoms with Crippen molar-refractivity contribution in [2.75, 3.05) is 11.1 Å². The molecule has 0 aliphatic carbocycles. The third-order valence-corrected chi connectivity index (χ3v) is 4.83. The smallest absolute Gasteiger partial charge is 0.280 e. The van der Waals surface area contributed by atoms with Gasteiger partial charge in [-0.05, 0) is 44.5 Å². The molecule has 2 heterocycles. The number of carbonyl (C=O) groups excluding carboxylic acids is 1. The molecule has 0 saturated heterocycles. The van der Waals surface area contributed by atoms with Gasteiger partial charge >= 0.3 is 0 Å². The Balaban J connectivity index is 1.54. The highest BCUT2D eigenvalue weighted by Crippen LogP contribution is 2.23. The highest BCUT2D eigenvalue weighted by atomic mass is 16.4. The van der Waals surface area contributed by atoms with Gasteiger partial charge < -0.3 is 15.5 Å². The molecule has 0 saturated carbocycles. The number of nitrogens with one attached hydrogen (secondary N) is 1. The summed E-state index contributed by atoms with van der Waals surface area (Å²) in [5, 5.41) is 10.8. The molecule has 3 N–H and O–H groups in total. The fourth-order valence-electron chi connectivity index (χ4n) is 3.16. The molecule has 0 unspecified atom stereocenters. The largest absolute Gasteiger partial charge is 0.441 e. The molecule has 0 fully saturated rings. The lowest BCUT2D eigenvalue weighted by Crippen LogP contribution is -2.16. The van der Waals surface area contributed by atoms with Gasteiger partial charge in [0.2, 0.25) is 5.89 Å². The van der Waals surface area contributed by atoms with Gasteiger partial charge in [0.15, 0.2) is 11.5 Å². The van der Waals surface area contributed by atoms with E-state index in [1.165, 1.54) is 4.68 Å². The van der Waals surface area contributed by atoms with Crippen LogP contribution in [0.15, 0.2) is 52.9 Å². The summed E-state index contributed by atoms with van der Waals surface area (Å²) in [6.07, 6.45) is 0. The Morgan fingerprint density at radius 1 is 1.13 bits per heavy atom. The van der Waals surface area contributed by atoms with Crippen molar-refractivity contribution in [2.24, 2.45) is 0 Å². The number of nitrogen functional groups attached to an aromatic ring is 1. The number of hydrogen-bond donors (Lipinski definition) is 2. The van der Waals surface area contributed by atoms with E-state index in [1.54, 1.807) is 0 Å². The topological polar surface area (TPSA) is 112 Å². The molecule has 0 atom stereocenters. The van der Waals surface area contributed by atoms with Crippen molar-refractivity contribution in [3.8, 4) is 11.5 Å². The van der Waals surface area contributed by atoms with Gasteiger partial charge in [-0.3, -0.25) is 4.79 Å². The fraction of sp³-hybridized carbons (Fsp3) is 0.182. The minimum atomic E-state index is -0.410. The van der Waals surface area contributed by atoms with Crippen LogP contribution in [-0.4, -0.2) is 25.9 Å². The van der Waals surface area contributed by atoms with Gasteiger partial charge in [0, 0.05) is 11.3 Å². The number of oxazole rings is 1. The van der Waals surface area contributed by atoms with Crippen LogP contribution in [0.3, 0.4) is 0 Å². The first kappa shape index (κ1) is 19.4. The Morgan fingerprint density at radius 2 is 1.90 bits per heavy atom. The van der Waals surface area contributed by atoms with Gasteiger partial charge in [-0.25, -0.2) is 9.67 Å². The molecular formula is C22H22N6O2. The maximum atomic E-state index is 12.7. The molecule has 1 amide bonds. The summed E-state index contributed by atoms with van der Waals surface area (Å²) < 4.78 is 7.22. The van der Waals surface area contributed by atoms with Gasteiger partial charge in [-0.15, -0.1) is 5.10 Å². The minimum Gasteiger partial charge on any atom is -0.441 e. The van der Waals surface area contributed by atoms with Crippen LogP contribution in [0.1, 0.15) is 33.1 Å². The van der Waals surface area contributed by atoms with Gasteiger partial charge in [-0.1, -0.05) is 41.1 Å². The number of nitrogens with two attached hydrogens (primary N) is 1. The molecule has 0 radical (unpaired) electrons. The van der Waals surface area contributed by atoms with Gasteiger partial charge in [0.1, 0.15) is 11.5 Å². The monoisotopic (exact) mass is 402 g/mol. The van der Waals surface area contributed by atoms with E-state index in [-0.39, 0.29) is 18.1 Å². The summed E-state index contributed by atoms with van der Waals surface area (Å²) in [6.45, 7) is 6.01. The van der Waals surface area contributed by atoms with Crippen LogP contribution in [0.5, 0.6) is 0 Å². The number of aryl methyl sites for hydroxylation is 3. The summed E-state index contributed by atoms with van der Waals surface area (Å²) in [5.74, 6) is 0.938. The maximum Gasteiger partial charge on any atom is 0.280 e. The second-order valence-corrected chi connectivity index (χ2v) is 7.14. The zero-order valence-corrected chi connectivity index (χ0v) is 17.0. The van der Waals surface area contributed by atoms with E-state index in [4.69, 9.17) is 10.2 Å². The average molecular weight is 402 g/mol. The molecule has 30 heavy (non-hydrogen) atoms. The molecule has 0 spiro atoms. The quantitative estimate of drug-likeness (QED) is 0.526. The van der Waals surface area contributed by atoms with E-state index in [9.17, 15) is 4.79 Å². The number of benzene rings is 2. The van der Waals surface area contributed by atoms with Gasteiger partial charge in [0.25, 0.3) is 5.91 Å². The van der Waals surface area contributed by atoms with E-state index in [0.29, 0.717) is 23.0 Å². The van der Waals surface area contributed by atoms with E-state index in [1.807, 2.05) is 69.3 Å². The summed E-state index contributed by atoms with van der Waals surface area (Å²) >= 11 is 0. The Labute approximate surface area is 173 Å². The van der Waals surface area contributed by atoms with E-state index in [2.05, 4.69) is 20.6 Å². The molecule has 0 bridgehead atoms. The Hall–Kier alpha value is -3.94. The van der Waals surface area contributed by atoms with Crippen LogP contribution in [0, 0.1) is 20.8 Å². The van der Waals surface area contributed by atoms with Crippen LogP contribution in [0.25, 0.3) is 11.5 Å². The molecule has 152 valence electrons. The number of anilines is 2. The zero-order chi connectivity index (χ0) is 21.3. The van der Waals surface area contributed by atoms with Crippen molar-refractivity contribution in [1.82, 2.24) is 20.0 Å². The third-order valence-electron chi connectivity index (χ3n) is 4.83. The van der Waals surface area contributed by atoms with Crippen molar-refractivity contribution in [3.05, 3.63) is 76.8 Å². The Bertz CT molecular complexity index is 1210. The molecule has 8 heteroatoms. The lowest BCUT2D eigenvalue weighted by atomic mass is 10.1. The fourth-order valence-corrected chi connectivity index (χ4v) is 3.16. The van der Waals surface area contributed by atoms with Crippen LogP contribution in [0.4, 0.5) is 11.5 Å². The normalized spacial score (nSPS) is 10.9. The van der Waals surface area contributed by atoms with Crippen LogP contribution < -0.4 is 11.1 Å². The molecule has 2 aromatic heterocycles. The minimum absolute atomic E-state index is 0.0689. The molecule has 8 nitrogen and oxygen atoms in total. The number of aromatic nitrogens is 4. The Kier molecular flexibility index (Phi) is 5.05. The third kappa shape index (κ3) is 3.80. The van der Waals surface area contributed by atoms with Crippen LogP contribution >= 0.6 is 0 Å². The van der Waals surface area contributed by atoms with Crippen LogP contribution in [0.2, 0.25) is 0 Å². The SMILES string of the molecule is Cc1ccc(NC(=O)c2nnn(Cc3nc(-c4ccccc4)oc3C)c2N)c(C)c1. The highest BCUT2D eigenvalue weighted by Gasteiger charge is 2.20. The molecule has 0 aliphatic heterocycles. The number of carbonyl (C=O) groups is 1. The number of amides is 1. The lowest BCUT2D eigenvalue weighted by Gasteiger charge is -2.08. The van der Waals surface area contributed by atoms with E-state index in [0.717, 1.165) is 16.7 Å². The van der Waals surface area contributed by atoms with Gasteiger partial charge in [0.05, 0.1) is 6.54 Å². The van der Waals surface area contributed by atoms with E-state index < -0.39 is 5.91 Å². The number of nitrogens with zero attached hydrogens (tertiary/aromatic N) is 4. The predicted octanol–water partition coefficient (Wildman–Crippen LogP) is 3.74. The molecular weight excluding hydrogens is 380 g/mol. The van der Waals surface area contributed by atoms with E-state index >= 15 is 0 Å². The first-order valence-corrected chi connectivity index (χ1v) is 9.51. The molecule has 2 aromatic carbocycles. The van der Waals surface area contributed by atoms with Crippen molar-refractivity contribution < 1.29 is 9.21 Å². The summed E-state index contributed by atoms with van der Waals surface area (Å²) in [6, 6.07) is 15.4. The highest BCUT2D eigenvalue weighted by molar-refractivity contribution is 6.06. The number of rotatable bonds is 5. The Morgan fingerprint density at radius 3 is 2.63 bits per heavy atom. The average Bonchev–Trinajstić information content (AvgIpc) is 3.28. The second-order valence-electron chi connectivity index (χ2n) is 7.14. The summed E-state index contributed by atoms with van der Waals surface area (Å²) in [7, 11) is 0. The lowest BCUT2D eigenvalue weighted by molar-refractivity contribution is 0.102. The second kappa shape index (κ2) is 7.82. The van der Waals surface area contributed by atoms with Crippen molar-refractivity contribution >= 4 is 17.4 Å². The zero-order valence-electron chi connectivity index (χ0n) is 17.0. The van der Waals surface area contributed by atoms with Crippen LogP contribution in [-0.2, 0) is 6.54 Å². The van der Waals surface area contributed by atoms with Crippen molar-refractivity contribution in [1.29, 1.82) is 0 Å². The molecule has 4 rings (SSSR count). The predicted molar refractivity (Wildman–Crippen MR) is 114 cm³/mol.